The summed E-state index contributed by atoms with van der Waals surface area (Å²) >= 11 is 0. The van der Waals surface area contributed by atoms with E-state index in [4.69, 9.17) is 4.74 Å². The Morgan fingerprint density at radius 1 is 1.05 bits per heavy atom. The second-order valence-electron chi connectivity index (χ2n) is 11.9. The zero-order chi connectivity index (χ0) is 32.6. The molecule has 2 N–H and O–H groups in total. The highest BCUT2D eigenvalue weighted by Gasteiger charge is 2.44. The number of imidazole rings is 1. The molecule has 0 saturated carbocycles. The third-order valence-electron chi connectivity index (χ3n) is 7.30. The minimum absolute atomic E-state index is 0.165. The van der Waals surface area contributed by atoms with Crippen LogP contribution in [0.15, 0.2) is 12.1 Å². The number of amides is 2. The summed E-state index contributed by atoms with van der Waals surface area (Å²) < 4.78 is 90.3. The van der Waals surface area contributed by atoms with Crippen LogP contribution in [0.3, 0.4) is 0 Å². The minimum atomic E-state index is -4.92. The monoisotopic (exact) mass is 632 g/mol. The predicted octanol–water partition coefficient (Wildman–Crippen LogP) is 3.45. The molecule has 1 fully saturated rings. The molecule has 44 heavy (non-hydrogen) atoms. The lowest BCUT2D eigenvalue weighted by Gasteiger charge is -2.33. The third kappa shape index (κ3) is 7.70. The first-order valence-electron chi connectivity index (χ1n) is 14.0. The number of piperazine rings is 1. The molecular formula is C28H34F6N6O4. The van der Waals surface area contributed by atoms with Crippen molar-refractivity contribution >= 4 is 17.8 Å². The largest absolute Gasteiger partial charge is 0.444 e. The highest BCUT2D eigenvalue weighted by molar-refractivity contribution is 5.93. The van der Waals surface area contributed by atoms with Gasteiger partial charge in [-0.15, -0.1) is 0 Å². The van der Waals surface area contributed by atoms with Crippen LogP contribution < -0.4 is 10.6 Å². The SMILES string of the molecule is CN1CCN(C(=O)c2nc(C(F)(F)F)c3n2C(C(=O)CC(Cc2cc(F)c(F)cc2F)NC(=O)OC(C)(C)C)CNC3)CC1. The van der Waals surface area contributed by atoms with Crippen molar-refractivity contribution in [1.29, 1.82) is 0 Å². The number of ketones is 1. The van der Waals surface area contributed by atoms with E-state index in [0.29, 0.717) is 25.2 Å². The smallest absolute Gasteiger partial charge is 0.435 e. The normalized spacial score (nSPS) is 18.5. The number of carbonyl (C=O) groups is 3. The standard InChI is InChI=1S/C28H34F6N6O4/c1-27(2,3)44-26(43)36-16(9-15-10-18(30)19(31)12-17(15)29)11-22(41)20-13-35-14-21-23(28(32,33)34)37-24(40(20)21)25(42)39-7-5-38(4)6-8-39/h10,12,16,20,35H,5-9,11,13-14H2,1-4H3,(H,36,43). The van der Waals surface area contributed by atoms with E-state index >= 15 is 0 Å². The molecule has 242 valence electrons. The molecule has 0 aliphatic carbocycles. The van der Waals surface area contributed by atoms with Crippen LogP contribution in [-0.4, -0.2) is 88.5 Å². The van der Waals surface area contributed by atoms with Gasteiger partial charge in [-0.3, -0.25) is 9.59 Å². The van der Waals surface area contributed by atoms with Gasteiger partial charge in [0.15, 0.2) is 23.1 Å². The Balaban J connectivity index is 1.68. The Labute approximate surface area is 249 Å². The van der Waals surface area contributed by atoms with Crippen molar-refractivity contribution in [3.05, 3.63) is 52.4 Å². The molecule has 1 saturated heterocycles. The van der Waals surface area contributed by atoms with E-state index in [0.717, 1.165) is 4.57 Å². The van der Waals surface area contributed by atoms with Gasteiger partial charge in [0.05, 0.1) is 5.69 Å². The number of rotatable bonds is 7. The van der Waals surface area contributed by atoms with Crippen LogP contribution in [-0.2, 0) is 28.7 Å². The number of alkyl halides is 3. The second-order valence-corrected chi connectivity index (χ2v) is 11.9. The van der Waals surface area contributed by atoms with E-state index in [-0.39, 0.29) is 31.7 Å². The van der Waals surface area contributed by atoms with E-state index < -0.39 is 89.2 Å². The fraction of sp³-hybridized carbons (Fsp3) is 0.571. The number of fused-ring (bicyclic) bond motifs is 1. The van der Waals surface area contributed by atoms with Gasteiger partial charge in [0, 0.05) is 57.8 Å². The fourth-order valence-corrected chi connectivity index (χ4v) is 5.19. The van der Waals surface area contributed by atoms with Gasteiger partial charge in [-0.1, -0.05) is 0 Å². The Morgan fingerprint density at radius 3 is 2.30 bits per heavy atom. The minimum Gasteiger partial charge on any atom is -0.444 e. The highest BCUT2D eigenvalue weighted by atomic mass is 19.4. The average Bonchev–Trinajstić information content (AvgIpc) is 3.31. The van der Waals surface area contributed by atoms with Crippen LogP contribution >= 0.6 is 0 Å². The molecular weight excluding hydrogens is 598 g/mol. The summed E-state index contributed by atoms with van der Waals surface area (Å²) in [6.07, 6.45) is -6.97. The first kappa shape index (κ1) is 33.2. The molecule has 1 aromatic carbocycles. The summed E-state index contributed by atoms with van der Waals surface area (Å²) in [7, 11) is 1.84. The summed E-state index contributed by atoms with van der Waals surface area (Å²) in [6, 6.07) is -1.68. The molecule has 1 aromatic heterocycles. The Hall–Kier alpha value is -3.66. The molecule has 10 nitrogen and oxygen atoms in total. The van der Waals surface area contributed by atoms with Gasteiger partial charge in [0.25, 0.3) is 5.91 Å². The molecule has 0 spiro atoms. The molecule has 3 heterocycles. The van der Waals surface area contributed by atoms with E-state index in [9.17, 15) is 40.7 Å². The van der Waals surface area contributed by atoms with Crippen LogP contribution in [0, 0.1) is 17.5 Å². The topological polar surface area (TPSA) is 109 Å². The number of halogens is 6. The number of hydrogen-bond donors (Lipinski definition) is 2. The molecule has 16 heteroatoms. The third-order valence-corrected chi connectivity index (χ3v) is 7.30. The van der Waals surface area contributed by atoms with Gasteiger partial charge >= 0.3 is 12.3 Å². The number of likely N-dealkylation sites (N-methyl/N-ethyl adjacent to an activating group) is 1. The average molecular weight is 633 g/mol. The number of carbonyl (C=O) groups excluding carboxylic acids is 3. The predicted molar refractivity (Wildman–Crippen MR) is 144 cm³/mol. The van der Waals surface area contributed by atoms with Crippen molar-refractivity contribution in [1.82, 2.24) is 30.0 Å². The van der Waals surface area contributed by atoms with Gasteiger partial charge < -0.3 is 29.7 Å². The highest BCUT2D eigenvalue weighted by Crippen LogP contribution is 2.35. The molecule has 2 aromatic rings. The summed E-state index contributed by atoms with van der Waals surface area (Å²) in [5.41, 5.74) is -3.01. The number of Topliss-reactive ketones (excluding diaryl/α,β-unsaturated/α-hetero) is 1. The number of alkyl carbamates (subject to hydrolysis) is 1. The molecule has 4 rings (SSSR count). The van der Waals surface area contributed by atoms with Crippen molar-refractivity contribution in [2.75, 3.05) is 39.8 Å². The van der Waals surface area contributed by atoms with E-state index in [2.05, 4.69) is 15.6 Å². The number of nitrogens with zero attached hydrogens (tertiary/aromatic N) is 4. The lowest BCUT2D eigenvalue weighted by molar-refractivity contribution is -0.142. The molecule has 2 aliphatic rings. The summed E-state index contributed by atoms with van der Waals surface area (Å²) in [6.45, 7) is 5.73. The number of hydrogen-bond acceptors (Lipinski definition) is 7. The Kier molecular flexibility index (Phi) is 9.63. The number of nitrogens with one attached hydrogen (secondary N) is 2. The maximum atomic E-state index is 14.5. The molecule has 2 atom stereocenters. The summed E-state index contributed by atoms with van der Waals surface area (Å²) in [4.78, 5) is 46.8. The maximum absolute atomic E-state index is 14.5. The van der Waals surface area contributed by atoms with Crippen molar-refractivity contribution in [3.63, 3.8) is 0 Å². The van der Waals surface area contributed by atoms with Crippen LogP contribution in [0.1, 0.15) is 60.8 Å². The quantitative estimate of drug-likeness (QED) is 0.356. The summed E-state index contributed by atoms with van der Waals surface area (Å²) in [5.74, 6) is -5.94. The van der Waals surface area contributed by atoms with Gasteiger partial charge in [-0.25, -0.2) is 22.9 Å². The molecule has 2 unspecified atom stereocenters. The van der Waals surface area contributed by atoms with Crippen molar-refractivity contribution in [2.45, 2.75) is 64.0 Å². The van der Waals surface area contributed by atoms with Gasteiger partial charge in [-0.2, -0.15) is 13.2 Å². The van der Waals surface area contributed by atoms with Gasteiger partial charge in [0.1, 0.15) is 17.5 Å². The number of ether oxygens (including phenoxy) is 1. The molecule has 0 bridgehead atoms. The molecule has 2 amide bonds. The first-order chi connectivity index (χ1) is 20.4. The maximum Gasteiger partial charge on any atom is 0.435 e. The zero-order valence-corrected chi connectivity index (χ0v) is 24.7. The van der Waals surface area contributed by atoms with Crippen LogP contribution in [0.25, 0.3) is 0 Å². The fourth-order valence-electron chi connectivity index (χ4n) is 5.19. The van der Waals surface area contributed by atoms with Crippen molar-refractivity contribution in [2.24, 2.45) is 0 Å². The van der Waals surface area contributed by atoms with Gasteiger partial charge in [0.2, 0.25) is 5.82 Å². The molecule has 2 aliphatic heterocycles. The Morgan fingerprint density at radius 2 is 1.68 bits per heavy atom. The van der Waals surface area contributed by atoms with E-state index in [1.54, 1.807) is 20.8 Å². The van der Waals surface area contributed by atoms with E-state index in [1.165, 1.54) is 4.90 Å². The van der Waals surface area contributed by atoms with Crippen LogP contribution in [0.2, 0.25) is 0 Å². The second kappa shape index (κ2) is 12.8. The van der Waals surface area contributed by atoms with Crippen LogP contribution in [0.5, 0.6) is 0 Å². The Bertz CT molecular complexity index is 1410. The molecule has 0 radical (unpaired) electrons. The zero-order valence-electron chi connectivity index (χ0n) is 24.7. The number of benzene rings is 1. The van der Waals surface area contributed by atoms with Crippen molar-refractivity contribution < 1.29 is 45.5 Å². The first-order valence-corrected chi connectivity index (χ1v) is 14.0. The number of aromatic nitrogens is 2. The lowest BCUT2D eigenvalue weighted by Crippen LogP contribution is -2.49. The van der Waals surface area contributed by atoms with Crippen molar-refractivity contribution in [3.8, 4) is 0 Å². The lowest BCUT2D eigenvalue weighted by atomic mass is 9.96. The van der Waals surface area contributed by atoms with Gasteiger partial charge in [-0.05, 0) is 45.9 Å². The van der Waals surface area contributed by atoms with E-state index in [1.807, 2.05) is 11.9 Å². The summed E-state index contributed by atoms with van der Waals surface area (Å²) in [5, 5.41) is 5.19. The van der Waals surface area contributed by atoms with Crippen LogP contribution in [0.4, 0.5) is 31.1 Å².